The smallest absolute Gasteiger partial charge is 0.214 e. The molecule has 2 rings (SSSR count). The molecule has 0 aliphatic carbocycles. The minimum Gasteiger partial charge on any atom is -0.391 e. The summed E-state index contributed by atoms with van der Waals surface area (Å²) in [6.07, 6.45) is 1.89. The molecule has 1 N–H and O–H groups in total. The Labute approximate surface area is 132 Å². The molecule has 0 amide bonds. The van der Waals surface area contributed by atoms with E-state index in [2.05, 4.69) is 9.97 Å². The van der Waals surface area contributed by atoms with Gasteiger partial charge in [-0.05, 0) is 6.07 Å². The summed E-state index contributed by atoms with van der Waals surface area (Å²) < 4.78 is 25.1. The highest BCUT2D eigenvalue weighted by Gasteiger charge is 2.35. The minimum atomic E-state index is -3.30. The van der Waals surface area contributed by atoms with Gasteiger partial charge in [-0.15, -0.1) is 0 Å². The van der Waals surface area contributed by atoms with Crippen LogP contribution in [0.4, 0.5) is 0 Å². The van der Waals surface area contributed by atoms with Crippen LogP contribution in [0.3, 0.4) is 0 Å². The van der Waals surface area contributed by atoms with Crippen molar-refractivity contribution in [1.29, 1.82) is 0 Å². The van der Waals surface area contributed by atoms with Crippen molar-refractivity contribution in [2.45, 2.75) is 26.0 Å². The highest BCUT2D eigenvalue weighted by molar-refractivity contribution is 7.89. The molecule has 0 radical (unpaired) electrons. The van der Waals surface area contributed by atoms with Gasteiger partial charge in [-0.3, -0.25) is 4.90 Å². The fraction of sp³-hybridized carbons (Fsp3) is 0.714. The van der Waals surface area contributed by atoms with Gasteiger partial charge in [-0.25, -0.2) is 22.7 Å². The Kier molecular flexibility index (Phi) is 5.49. The Bertz CT molecular complexity index is 606. The first-order valence-electron chi connectivity index (χ1n) is 7.43. The van der Waals surface area contributed by atoms with Crippen molar-refractivity contribution >= 4 is 10.0 Å². The van der Waals surface area contributed by atoms with E-state index in [9.17, 15) is 13.5 Å². The standard InChI is InChI=1S/C14H24N4O3S/c1-4-14-15-6-5-12(16-14)8-18-7-11(13(19)9-18)10-22(20,21)17(2)3/h5-6,11,13,19H,4,7-10H2,1-3H3/t11-,13+/m0/s1. The first kappa shape index (κ1) is 17.3. The third-order valence-corrected chi connectivity index (χ3v) is 5.89. The minimum absolute atomic E-state index is 0.0261. The molecule has 1 aromatic heterocycles. The van der Waals surface area contributed by atoms with Crippen LogP contribution >= 0.6 is 0 Å². The summed E-state index contributed by atoms with van der Waals surface area (Å²) in [6.45, 7) is 3.63. The molecule has 0 aromatic carbocycles. The maximum atomic E-state index is 12.0. The van der Waals surface area contributed by atoms with Crippen molar-refractivity contribution in [2.24, 2.45) is 5.92 Å². The van der Waals surface area contributed by atoms with Crippen LogP contribution in [-0.4, -0.2) is 71.7 Å². The van der Waals surface area contributed by atoms with Crippen molar-refractivity contribution in [2.75, 3.05) is 32.9 Å². The number of aromatic nitrogens is 2. The normalized spacial score (nSPS) is 23.3. The largest absolute Gasteiger partial charge is 0.391 e. The maximum Gasteiger partial charge on any atom is 0.214 e. The number of aryl methyl sites for hydroxylation is 1. The van der Waals surface area contributed by atoms with Gasteiger partial charge >= 0.3 is 0 Å². The lowest BCUT2D eigenvalue weighted by atomic mass is 10.1. The van der Waals surface area contributed by atoms with Crippen LogP contribution in [0.2, 0.25) is 0 Å². The zero-order valence-electron chi connectivity index (χ0n) is 13.3. The van der Waals surface area contributed by atoms with Crippen LogP contribution in [-0.2, 0) is 23.0 Å². The highest BCUT2D eigenvalue weighted by atomic mass is 32.2. The molecular weight excluding hydrogens is 304 g/mol. The second-order valence-corrected chi connectivity index (χ2v) is 8.13. The zero-order valence-corrected chi connectivity index (χ0v) is 14.1. The van der Waals surface area contributed by atoms with E-state index in [1.165, 1.54) is 18.4 Å². The van der Waals surface area contributed by atoms with E-state index in [0.717, 1.165) is 17.9 Å². The molecule has 0 bridgehead atoms. The van der Waals surface area contributed by atoms with Crippen LogP contribution in [0, 0.1) is 5.92 Å². The summed E-state index contributed by atoms with van der Waals surface area (Å²) in [5, 5.41) is 10.1. The topological polar surface area (TPSA) is 86.6 Å². The number of sulfonamides is 1. The Morgan fingerprint density at radius 1 is 1.41 bits per heavy atom. The average Bonchev–Trinajstić information content (AvgIpc) is 2.78. The number of hydrogen-bond donors (Lipinski definition) is 1. The quantitative estimate of drug-likeness (QED) is 0.773. The molecule has 2 atom stereocenters. The van der Waals surface area contributed by atoms with Crippen molar-refractivity contribution in [3.8, 4) is 0 Å². The van der Waals surface area contributed by atoms with E-state index < -0.39 is 16.1 Å². The molecule has 22 heavy (non-hydrogen) atoms. The first-order valence-corrected chi connectivity index (χ1v) is 9.04. The number of likely N-dealkylation sites (tertiary alicyclic amines) is 1. The van der Waals surface area contributed by atoms with Crippen LogP contribution in [0.25, 0.3) is 0 Å². The molecule has 1 aromatic rings. The summed E-state index contributed by atoms with van der Waals surface area (Å²) in [5.74, 6) is 0.505. The summed E-state index contributed by atoms with van der Waals surface area (Å²) in [5.41, 5.74) is 0.898. The van der Waals surface area contributed by atoms with Crippen molar-refractivity contribution in [3.05, 3.63) is 23.8 Å². The van der Waals surface area contributed by atoms with E-state index in [1.54, 1.807) is 6.20 Å². The van der Waals surface area contributed by atoms with Gasteiger partial charge in [0.25, 0.3) is 0 Å². The third kappa shape index (κ3) is 4.22. The molecule has 7 nitrogen and oxygen atoms in total. The second kappa shape index (κ2) is 6.99. The molecule has 1 aliphatic rings. The van der Waals surface area contributed by atoms with Crippen molar-refractivity contribution < 1.29 is 13.5 Å². The lowest BCUT2D eigenvalue weighted by Gasteiger charge is -2.17. The van der Waals surface area contributed by atoms with Gasteiger partial charge in [-0.2, -0.15) is 0 Å². The second-order valence-electron chi connectivity index (χ2n) is 5.90. The fourth-order valence-corrected chi connectivity index (χ4v) is 3.75. The van der Waals surface area contributed by atoms with Gasteiger partial charge in [0.1, 0.15) is 5.82 Å². The van der Waals surface area contributed by atoms with Crippen molar-refractivity contribution in [1.82, 2.24) is 19.2 Å². The van der Waals surface area contributed by atoms with Crippen LogP contribution in [0.1, 0.15) is 18.4 Å². The molecule has 0 spiro atoms. The number of hydrogen-bond acceptors (Lipinski definition) is 6. The van der Waals surface area contributed by atoms with Gasteiger partial charge < -0.3 is 5.11 Å². The molecular formula is C14H24N4O3S. The average molecular weight is 328 g/mol. The molecule has 8 heteroatoms. The molecule has 1 fully saturated rings. The molecule has 1 saturated heterocycles. The SMILES string of the molecule is CCc1nccc(CN2C[C@@H](CS(=O)(=O)N(C)C)[C@H](O)C2)n1. The van der Waals surface area contributed by atoms with Crippen LogP contribution < -0.4 is 0 Å². The van der Waals surface area contributed by atoms with E-state index in [4.69, 9.17) is 0 Å². The Balaban J connectivity index is 1.98. The summed E-state index contributed by atoms with van der Waals surface area (Å²) in [6, 6.07) is 1.86. The first-order chi connectivity index (χ1) is 10.3. The van der Waals surface area contributed by atoms with Gasteiger partial charge in [-0.1, -0.05) is 6.92 Å². The lowest BCUT2D eigenvalue weighted by molar-refractivity contribution is 0.148. The van der Waals surface area contributed by atoms with Gasteiger partial charge in [0.05, 0.1) is 17.6 Å². The molecule has 124 valence electrons. The number of aliphatic hydroxyl groups excluding tert-OH is 1. The monoisotopic (exact) mass is 328 g/mol. The Morgan fingerprint density at radius 3 is 2.77 bits per heavy atom. The van der Waals surface area contributed by atoms with E-state index in [-0.39, 0.29) is 11.7 Å². The predicted octanol–water partition coefficient (Wildman–Crippen LogP) is -0.277. The predicted molar refractivity (Wildman–Crippen MR) is 83.7 cm³/mol. The third-order valence-electron chi connectivity index (χ3n) is 3.93. The Hall–Kier alpha value is -1.09. The summed E-state index contributed by atoms with van der Waals surface area (Å²) in [7, 11) is -0.269. The van der Waals surface area contributed by atoms with E-state index in [0.29, 0.717) is 19.6 Å². The van der Waals surface area contributed by atoms with Gasteiger partial charge in [0.15, 0.2) is 0 Å². The zero-order chi connectivity index (χ0) is 16.3. The number of β-amino-alcohol motifs (C(OH)–C–C–N with tert-alkyl or cyclic N) is 1. The molecule has 1 aliphatic heterocycles. The number of rotatable bonds is 6. The fourth-order valence-electron chi connectivity index (χ4n) is 2.58. The molecule has 0 unspecified atom stereocenters. The number of aliphatic hydroxyl groups is 1. The number of nitrogens with zero attached hydrogens (tertiary/aromatic N) is 4. The van der Waals surface area contributed by atoms with Crippen LogP contribution in [0.5, 0.6) is 0 Å². The maximum absolute atomic E-state index is 12.0. The summed E-state index contributed by atoms with van der Waals surface area (Å²) in [4.78, 5) is 10.7. The van der Waals surface area contributed by atoms with Gasteiger partial charge in [0.2, 0.25) is 10.0 Å². The van der Waals surface area contributed by atoms with Gasteiger partial charge in [0, 0.05) is 52.3 Å². The van der Waals surface area contributed by atoms with E-state index >= 15 is 0 Å². The Morgan fingerprint density at radius 2 is 2.14 bits per heavy atom. The molecule has 0 saturated carbocycles. The summed E-state index contributed by atoms with van der Waals surface area (Å²) >= 11 is 0. The lowest BCUT2D eigenvalue weighted by Crippen LogP contribution is -2.33. The van der Waals surface area contributed by atoms with E-state index in [1.807, 2.05) is 17.9 Å². The molecule has 2 heterocycles. The van der Waals surface area contributed by atoms with Crippen molar-refractivity contribution in [3.63, 3.8) is 0 Å². The van der Waals surface area contributed by atoms with Crippen LogP contribution in [0.15, 0.2) is 12.3 Å². The highest BCUT2D eigenvalue weighted by Crippen LogP contribution is 2.21.